The summed E-state index contributed by atoms with van der Waals surface area (Å²) in [5.41, 5.74) is -0.440. The number of ether oxygens (including phenoxy) is 2. The second-order valence-electron chi connectivity index (χ2n) is 7.52. The molecule has 0 saturated carbocycles. The molecule has 0 spiro atoms. The van der Waals surface area contributed by atoms with Crippen LogP contribution >= 0.6 is 0 Å². The largest absolute Gasteiger partial charge is 0.390 e. The van der Waals surface area contributed by atoms with E-state index >= 15 is 0 Å². The van der Waals surface area contributed by atoms with E-state index in [4.69, 9.17) is 9.47 Å². The number of rotatable bonds is 3. The number of hydrogen-bond acceptors (Lipinski definition) is 3. The molecular weight excluding hydrogens is 240 g/mol. The molecule has 4 atom stereocenters. The van der Waals surface area contributed by atoms with E-state index in [1.54, 1.807) is 0 Å². The Labute approximate surface area is 118 Å². The molecule has 3 nitrogen and oxygen atoms in total. The molecule has 0 aromatic rings. The summed E-state index contributed by atoms with van der Waals surface area (Å²) in [4.78, 5) is 0. The van der Waals surface area contributed by atoms with Crippen LogP contribution in [0.4, 0.5) is 0 Å². The zero-order chi connectivity index (χ0) is 14.8. The van der Waals surface area contributed by atoms with Gasteiger partial charge in [0.15, 0.2) is 0 Å². The quantitative estimate of drug-likeness (QED) is 0.801. The normalized spacial score (nSPS) is 32.6. The molecule has 19 heavy (non-hydrogen) atoms. The van der Waals surface area contributed by atoms with E-state index in [2.05, 4.69) is 12.2 Å². The van der Waals surface area contributed by atoms with Gasteiger partial charge in [-0.1, -0.05) is 19.1 Å². The second-order valence-corrected chi connectivity index (χ2v) is 7.52. The molecule has 0 unspecified atom stereocenters. The molecule has 1 N–H and O–H groups in total. The molecular formula is C16H30O3. The van der Waals surface area contributed by atoms with Crippen molar-refractivity contribution in [1.29, 1.82) is 0 Å². The summed E-state index contributed by atoms with van der Waals surface area (Å²) in [6.45, 7) is 14.8. The SMILES string of the molecule is C[C@@H]1C=C[C@H](COC(C)(C)C)[C@H](OC(C)(C)C)[C@H]1O. The molecule has 0 bridgehead atoms. The first-order valence-electron chi connectivity index (χ1n) is 7.18. The van der Waals surface area contributed by atoms with E-state index in [1.807, 2.05) is 48.5 Å². The molecule has 3 heteroatoms. The maximum absolute atomic E-state index is 10.4. The highest BCUT2D eigenvalue weighted by atomic mass is 16.5. The van der Waals surface area contributed by atoms with Gasteiger partial charge in [0.05, 0.1) is 30.0 Å². The molecule has 0 heterocycles. The van der Waals surface area contributed by atoms with Crippen LogP contribution in [0.2, 0.25) is 0 Å². The molecule has 0 amide bonds. The summed E-state index contributed by atoms with van der Waals surface area (Å²) < 4.78 is 11.9. The van der Waals surface area contributed by atoms with Crippen LogP contribution in [-0.4, -0.2) is 35.1 Å². The van der Waals surface area contributed by atoms with E-state index in [0.29, 0.717) is 6.61 Å². The third-order valence-electron chi connectivity index (χ3n) is 3.16. The Morgan fingerprint density at radius 1 is 1.00 bits per heavy atom. The lowest BCUT2D eigenvalue weighted by molar-refractivity contribution is -0.154. The number of aliphatic hydroxyl groups is 1. The van der Waals surface area contributed by atoms with Crippen LogP contribution in [0.1, 0.15) is 48.5 Å². The average molecular weight is 270 g/mol. The summed E-state index contributed by atoms with van der Waals surface area (Å²) in [6, 6.07) is 0. The molecule has 0 aliphatic heterocycles. The van der Waals surface area contributed by atoms with Crippen LogP contribution in [0.25, 0.3) is 0 Å². The maximum Gasteiger partial charge on any atom is 0.0931 e. The lowest BCUT2D eigenvalue weighted by atomic mass is 9.84. The molecule has 1 rings (SSSR count). The van der Waals surface area contributed by atoms with Crippen LogP contribution in [0.3, 0.4) is 0 Å². The standard InChI is InChI=1S/C16H30O3/c1-11-8-9-12(10-18-15(2,3)4)14(13(11)17)19-16(5,6)7/h8-9,11-14,17H,10H2,1-7H3/t11-,12-,13+,14+/m1/s1. The minimum atomic E-state index is -0.474. The summed E-state index contributed by atoms with van der Waals surface area (Å²) in [7, 11) is 0. The Kier molecular flexibility index (Phi) is 5.21. The van der Waals surface area contributed by atoms with Gasteiger partial charge in [0.25, 0.3) is 0 Å². The fourth-order valence-electron chi connectivity index (χ4n) is 2.16. The molecule has 0 aromatic carbocycles. The summed E-state index contributed by atoms with van der Waals surface area (Å²) in [5, 5.41) is 10.4. The van der Waals surface area contributed by atoms with Crippen molar-refractivity contribution in [2.75, 3.05) is 6.61 Å². The Morgan fingerprint density at radius 3 is 2.05 bits per heavy atom. The van der Waals surface area contributed by atoms with E-state index in [9.17, 15) is 5.11 Å². The van der Waals surface area contributed by atoms with Gasteiger partial charge < -0.3 is 14.6 Å². The molecule has 0 fully saturated rings. The Bertz CT molecular complexity index is 309. The van der Waals surface area contributed by atoms with Crippen LogP contribution in [0, 0.1) is 11.8 Å². The molecule has 0 aromatic heterocycles. The maximum atomic E-state index is 10.4. The first-order chi connectivity index (χ1) is 8.49. The third kappa shape index (κ3) is 5.64. The second kappa shape index (κ2) is 5.94. The van der Waals surface area contributed by atoms with Crippen molar-refractivity contribution in [2.24, 2.45) is 11.8 Å². The predicted molar refractivity (Wildman–Crippen MR) is 78.1 cm³/mol. The summed E-state index contributed by atoms with van der Waals surface area (Å²) in [6.07, 6.45) is 3.50. The molecule has 0 saturated heterocycles. The first-order valence-corrected chi connectivity index (χ1v) is 7.18. The van der Waals surface area contributed by atoms with Crippen molar-refractivity contribution in [3.05, 3.63) is 12.2 Å². The van der Waals surface area contributed by atoms with Crippen molar-refractivity contribution >= 4 is 0 Å². The Morgan fingerprint density at radius 2 is 1.58 bits per heavy atom. The van der Waals surface area contributed by atoms with Gasteiger partial charge in [0, 0.05) is 11.8 Å². The smallest absolute Gasteiger partial charge is 0.0931 e. The third-order valence-corrected chi connectivity index (χ3v) is 3.16. The topological polar surface area (TPSA) is 38.7 Å². The van der Waals surface area contributed by atoms with Crippen molar-refractivity contribution < 1.29 is 14.6 Å². The van der Waals surface area contributed by atoms with Crippen LogP contribution in [-0.2, 0) is 9.47 Å². The number of hydrogen-bond donors (Lipinski definition) is 1. The molecule has 112 valence electrons. The molecule has 1 aliphatic rings. The fourth-order valence-corrected chi connectivity index (χ4v) is 2.16. The van der Waals surface area contributed by atoms with Gasteiger partial charge in [0.1, 0.15) is 0 Å². The summed E-state index contributed by atoms with van der Waals surface area (Å²) >= 11 is 0. The highest BCUT2D eigenvalue weighted by molar-refractivity contribution is 5.06. The van der Waals surface area contributed by atoms with Crippen molar-refractivity contribution in [3.63, 3.8) is 0 Å². The lowest BCUT2D eigenvalue weighted by Gasteiger charge is -2.39. The van der Waals surface area contributed by atoms with Gasteiger partial charge in [0.2, 0.25) is 0 Å². The zero-order valence-electron chi connectivity index (χ0n) is 13.4. The monoisotopic (exact) mass is 270 g/mol. The van der Waals surface area contributed by atoms with E-state index < -0.39 is 6.10 Å². The fraction of sp³-hybridized carbons (Fsp3) is 0.875. The highest BCUT2D eigenvalue weighted by Gasteiger charge is 2.37. The van der Waals surface area contributed by atoms with Crippen molar-refractivity contribution in [2.45, 2.75) is 71.9 Å². The van der Waals surface area contributed by atoms with E-state index in [1.165, 1.54) is 0 Å². The lowest BCUT2D eigenvalue weighted by Crippen LogP contribution is -2.47. The average Bonchev–Trinajstić information content (AvgIpc) is 2.21. The van der Waals surface area contributed by atoms with Crippen LogP contribution in [0.15, 0.2) is 12.2 Å². The Balaban J connectivity index is 2.77. The minimum Gasteiger partial charge on any atom is -0.390 e. The zero-order valence-corrected chi connectivity index (χ0v) is 13.4. The van der Waals surface area contributed by atoms with Crippen LogP contribution < -0.4 is 0 Å². The molecule has 0 radical (unpaired) electrons. The minimum absolute atomic E-state index is 0.102. The highest BCUT2D eigenvalue weighted by Crippen LogP contribution is 2.30. The van der Waals surface area contributed by atoms with E-state index in [-0.39, 0.29) is 29.1 Å². The van der Waals surface area contributed by atoms with Gasteiger partial charge >= 0.3 is 0 Å². The first kappa shape index (κ1) is 16.7. The van der Waals surface area contributed by atoms with Gasteiger partial charge in [-0.25, -0.2) is 0 Å². The Hall–Kier alpha value is -0.380. The summed E-state index contributed by atoms with van der Waals surface area (Å²) in [5.74, 6) is 0.225. The van der Waals surface area contributed by atoms with Gasteiger partial charge in [-0.3, -0.25) is 0 Å². The predicted octanol–water partition coefficient (Wildman–Crippen LogP) is 3.17. The van der Waals surface area contributed by atoms with E-state index in [0.717, 1.165) is 0 Å². The number of aliphatic hydroxyl groups excluding tert-OH is 1. The van der Waals surface area contributed by atoms with Gasteiger partial charge in [-0.05, 0) is 41.5 Å². The van der Waals surface area contributed by atoms with Gasteiger partial charge in [-0.2, -0.15) is 0 Å². The van der Waals surface area contributed by atoms with Gasteiger partial charge in [-0.15, -0.1) is 0 Å². The van der Waals surface area contributed by atoms with Crippen LogP contribution in [0.5, 0.6) is 0 Å². The van der Waals surface area contributed by atoms with Crippen molar-refractivity contribution in [3.8, 4) is 0 Å². The van der Waals surface area contributed by atoms with Crippen molar-refractivity contribution in [1.82, 2.24) is 0 Å². The molecule has 1 aliphatic carbocycles.